The van der Waals surface area contributed by atoms with Crippen LogP contribution in [0.15, 0.2) is 109 Å². The van der Waals surface area contributed by atoms with Crippen LogP contribution in [0, 0.1) is 0 Å². The van der Waals surface area contributed by atoms with Gasteiger partial charge in [0.1, 0.15) is 55.4 Å². The molecular formula is C35H36O6. The lowest BCUT2D eigenvalue weighted by Crippen LogP contribution is -2.30. The van der Waals surface area contributed by atoms with Gasteiger partial charge in [-0.05, 0) is 60.0 Å². The molecule has 6 heteroatoms. The molecule has 0 spiro atoms. The highest BCUT2D eigenvalue weighted by atomic mass is 16.6. The Bertz CT molecular complexity index is 1350. The minimum Gasteiger partial charge on any atom is -0.491 e. The quantitative estimate of drug-likeness (QED) is 0.132. The molecule has 0 aromatic heterocycles. The fourth-order valence-electron chi connectivity index (χ4n) is 4.84. The summed E-state index contributed by atoms with van der Waals surface area (Å²) in [6, 6.07) is 37.1. The Morgan fingerprint density at radius 2 is 1.02 bits per heavy atom. The van der Waals surface area contributed by atoms with Crippen molar-refractivity contribution in [3.63, 3.8) is 0 Å². The molecule has 0 saturated carbocycles. The Morgan fingerprint density at radius 1 is 0.585 bits per heavy atom. The zero-order valence-corrected chi connectivity index (χ0v) is 23.3. The van der Waals surface area contributed by atoms with Crippen molar-refractivity contribution in [3.05, 3.63) is 126 Å². The molecule has 4 aromatic carbocycles. The smallest absolute Gasteiger partial charge is 0.125 e. The van der Waals surface area contributed by atoms with Crippen LogP contribution in [0.2, 0.25) is 0 Å². The molecule has 2 saturated heterocycles. The number of rotatable bonds is 15. The summed E-state index contributed by atoms with van der Waals surface area (Å²) < 4.78 is 34.6. The van der Waals surface area contributed by atoms with E-state index >= 15 is 0 Å². The average molecular weight is 553 g/mol. The van der Waals surface area contributed by atoms with E-state index in [0.717, 1.165) is 30.5 Å². The van der Waals surface area contributed by atoms with E-state index in [-0.39, 0.29) is 23.7 Å². The van der Waals surface area contributed by atoms with E-state index in [0.29, 0.717) is 26.4 Å². The van der Waals surface area contributed by atoms with E-state index in [1.54, 1.807) is 0 Å². The Hall–Kier alpha value is -3.84. The number of ether oxygens (including phenoxy) is 6. The van der Waals surface area contributed by atoms with Crippen molar-refractivity contribution in [3.8, 4) is 17.2 Å². The minimum absolute atomic E-state index is 0.178. The molecule has 41 heavy (non-hydrogen) atoms. The molecule has 212 valence electrons. The van der Waals surface area contributed by atoms with Gasteiger partial charge in [-0.2, -0.15) is 0 Å². The van der Waals surface area contributed by atoms with E-state index in [9.17, 15) is 0 Å². The van der Waals surface area contributed by atoms with Crippen molar-refractivity contribution in [2.24, 2.45) is 0 Å². The summed E-state index contributed by atoms with van der Waals surface area (Å²) in [5.74, 6) is 2.45. The van der Waals surface area contributed by atoms with Gasteiger partial charge >= 0.3 is 0 Å². The Balaban J connectivity index is 1.15. The zero-order valence-electron chi connectivity index (χ0n) is 23.3. The predicted molar refractivity (Wildman–Crippen MR) is 157 cm³/mol. The van der Waals surface area contributed by atoms with Crippen molar-refractivity contribution in [2.75, 3.05) is 39.6 Å². The second-order valence-electron chi connectivity index (χ2n) is 10.7. The summed E-state index contributed by atoms with van der Waals surface area (Å²) in [6.07, 6.45) is 0.188. The predicted octanol–water partition coefficient (Wildman–Crippen LogP) is 6.06. The summed E-state index contributed by atoms with van der Waals surface area (Å²) in [5.41, 5.74) is 3.20. The summed E-state index contributed by atoms with van der Waals surface area (Å²) in [6.45, 7) is 5.70. The summed E-state index contributed by atoms with van der Waals surface area (Å²) >= 11 is 0. The molecule has 4 aromatic rings. The third-order valence-electron chi connectivity index (χ3n) is 7.59. The SMILES string of the molecule is CC(c1ccccc1)(c1ccc(OCC(COc2ccccc2)OCC2CO2)cc1)c1ccc(OCC2CO2)cc1. The van der Waals surface area contributed by atoms with Crippen LogP contribution in [0.3, 0.4) is 0 Å². The van der Waals surface area contributed by atoms with Crippen molar-refractivity contribution in [2.45, 2.75) is 30.7 Å². The number of hydrogen-bond donors (Lipinski definition) is 0. The van der Waals surface area contributed by atoms with Crippen LogP contribution in [0.5, 0.6) is 17.2 Å². The van der Waals surface area contributed by atoms with E-state index in [1.807, 2.05) is 60.7 Å². The molecule has 4 unspecified atom stereocenters. The van der Waals surface area contributed by atoms with Gasteiger partial charge in [-0.15, -0.1) is 0 Å². The van der Waals surface area contributed by atoms with Gasteiger partial charge in [-0.3, -0.25) is 0 Å². The van der Waals surface area contributed by atoms with Gasteiger partial charge in [0, 0.05) is 5.41 Å². The lowest BCUT2D eigenvalue weighted by atomic mass is 9.71. The highest BCUT2D eigenvalue weighted by Gasteiger charge is 2.31. The second kappa shape index (κ2) is 12.8. The molecule has 2 aliphatic rings. The number of hydrogen-bond acceptors (Lipinski definition) is 6. The highest BCUT2D eigenvalue weighted by molar-refractivity contribution is 5.51. The summed E-state index contributed by atoms with van der Waals surface area (Å²) in [4.78, 5) is 0. The molecule has 2 aliphatic heterocycles. The van der Waals surface area contributed by atoms with Crippen LogP contribution in [-0.4, -0.2) is 58.0 Å². The fraction of sp³-hybridized carbons (Fsp3) is 0.314. The normalized spacial score (nSPS) is 19.5. The third-order valence-corrected chi connectivity index (χ3v) is 7.59. The molecule has 0 radical (unpaired) electrons. The van der Waals surface area contributed by atoms with Gasteiger partial charge in [-0.25, -0.2) is 0 Å². The summed E-state index contributed by atoms with van der Waals surface area (Å²) in [7, 11) is 0. The Labute approximate surface area is 241 Å². The van der Waals surface area contributed by atoms with Crippen LogP contribution < -0.4 is 14.2 Å². The van der Waals surface area contributed by atoms with Gasteiger partial charge in [0.25, 0.3) is 0 Å². The minimum atomic E-state index is -0.364. The largest absolute Gasteiger partial charge is 0.491 e. The third kappa shape index (κ3) is 7.27. The molecular weight excluding hydrogens is 516 g/mol. The van der Waals surface area contributed by atoms with Crippen molar-refractivity contribution in [1.29, 1.82) is 0 Å². The van der Waals surface area contributed by atoms with Crippen LogP contribution in [0.25, 0.3) is 0 Å². The van der Waals surface area contributed by atoms with E-state index in [4.69, 9.17) is 28.4 Å². The van der Waals surface area contributed by atoms with Crippen LogP contribution in [0.1, 0.15) is 23.6 Å². The van der Waals surface area contributed by atoms with Gasteiger partial charge in [0.15, 0.2) is 0 Å². The first-order valence-corrected chi connectivity index (χ1v) is 14.2. The van der Waals surface area contributed by atoms with Crippen molar-refractivity contribution in [1.82, 2.24) is 0 Å². The molecule has 2 fully saturated rings. The lowest BCUT2D eigenvalue weighted by Gasteiger charge is -2.32. The van der Waals surface area contributed by atoms with Gasteiger partial charge < -0.3 is 28.4 Å². The topological polar surface area (TPSA) is 62.0 Å². The van der Waals surface area contributed by atoms with E-state index in [1.165, 1.54) is 16.7 Å². The van der Waals surface area contributed by atoms with Crippen molar-refractivity contribution < 1.29 is 28.4 Å². The number of para-hydroxylation sites is 1. The van der Waals surface area contributed by atoms with Gasteiger partial charge in [-0.1, -0.05) is 72.8 Å². The van der Waals surface area contributed by atoms with Crippen molar-refractivity contribution >= 4 is 0 Å². The molecule has 6 nitrogen and oxygen atoms in total. The van der Waals surface area contributed by atoms with Crippen LogP contribution in [0.4, 0.5) is 0 Å². The monoisotopic (exact) mass is 552 g/mol. The molecule has 0 amide bonds. The molecule has 0 N–H and O–H groups in total. The van der Waals surface area contributed by atoms with E-state index in [2.05, 4.69) is 55.5 Å². The Kier molecular flexibility index (Phi) is 8.52. The Morgan fingerprint density at radius 3 is 1.56 bits per heavy atom. The fourth-order valence-corrected chi connectivity index (χ4v) is 4.84. The number of epoxide rings is 2. The maximum absolute atomic E-state index is 6.18. The first-order chi connectivity index (χ1) is 20.2. The molecule has 0 aliphatic carbocycles. The maximum atomic E-state index is 6.18. The molecule has 0 bridgehead atoms. The lowest BCUT2D eigenvalue weighted by molar-refractivity contribution is -0.0131. The van der Waals surface area contributed by atoms with E-state index < -0.39 is 0 Å². The first-order valence-electron chi connectivity index (χ1n) is 14.2. The molecule has 4 atom stereocenters. The average Bonchev–Trinajstić information content (AvgIpc) is 3.97. The van der Waals surface area contributed by atoms with Gasteiger partial charge in [0.2, 0.25) is 0 Å². The first kappa shape index (κ1) is 27.3. The zero-order chi connectivity index (χ0) is 27.9. The standard InChI is InChI=1S/C35H36O6/c1-35(26-8-4-2-5-9-26,28-14-18-31(19-15-28)38-22-33-23-40-33)27-12-16-30(17-13-27)37-21-32(39-24-34-25-41-34)20-36-29-10-6-3-7-11-29/h2-19,32-34H,20-25H2,1H3. The maximum Gasteiger partial charge on any atom is 0.125 e. The van der Waals surface area contributed by atoms with Crippen LogP contribution in [-0.2, 0) is 19.6 Å². The molecule has 2 heterocycles. The number of benzene rings is 4. The van der Waals surface area contributed by atoms with Crippen LogP contribution >= 0.6 is 0 Å². The van der Waals surface area contributed by atoms with Gasteiger partial charge in [0.05, 0.1) is 19.8 Å². The second-order valence-corrected chi connectivity index (χ2v) is 10.7. The summed E-state index contributed by atoms with van der Waals surface area (Å²) in [5, 5.41) is 0. The molecule has 6 rings (SSSR count). The highest BCUT2D eigenvalue weighted by Crippen LogP contribution is 2.40.